The summed E-state index contributed by atoms with van der Waals surface area (Å²) in [4.78, 5) is 30.8. The molecule has 2 N–H and O–H groups in total. The number of benzene rings is 2. The number of anilines is 1. The average Bonchev–Trinajstić information content (AvgIpc) is 3.00. The first-order valence-electron chi connectivity index (χ1n) is 8.74. The van der Waals surface area contributed by atoms with E-state index in [-0.39, 0.29) is 22.8 Å². The molecule has 1 atom stereocenters. The molecule has 0 spiro atoms. The number of phenolic OH excluding ortho intramolecular Hbond substituents is 1. The Morgan fingerprint density at radius 1 is 0.966 bits per heavy atom. The van der Waals surface area contributed by atoms with E-state index in [4.69, 9.17) is 0 Å². The zero-order chi connectivity index (χ0) is 20.5. The van der Waals surface area contributed by atoms with Gasteiger partial charge < -0.3 is 10.2 Å². The average molecular weight is 390 g/mol. The van der Waals surface area contributed by atoms with Crippen LogP contribution < -0.4 is 4.90 Å². The van der Waals surface area contributed by atoms with Crippen molar-refractivity contribution in [1.82, 2.24) is 4.98 Å². The molecule has 1 amide bonds. The minimum Gasteiger partial charge on any atom is -0.507 e. The summed E-state index contributed by atoms with van der Waals surface area (Å²) < 4.78 is 13.5. The van der Waals surface area contributed by atoms with Crippen LogP contribution in [0.4, 0.5) is 10.1 Å². The van der Waals surface area contributed by atoms with Gasteiger partial charge in [0.05, 0.1) is 17.3 Å². The number of aromatic hydroxyl groups is 1. The van der Waals surface area contributed by atoms with Gasteiger partial charge >= 0.3 is 0 Å². The monoisotopic (exact) mass is 390 g/mol. The van der Waals surface area contributed by atoms with Crippen LogP contribution in [0.25, 0.3) is 5.76 Å². The lowest BCUT2D eigenvalue weighted by molar-refractivity contribution is -0.132. The van der Waals surface area contributed by atoms with Crippen molar-refractivity contribution >= 4 is 23.1 Å². The number of carbonyl (C=O) groups excluding carboxylic acids is 2. The number of phenols is 1. The van der Waals surface area contributed by atoms with E-state index < -0.39 is 23.5 Å². The Kier molecular flexibility index (Phi) is 4.56. The highest BCUT2D eigenvalue weighted by Crippen LogP contribution is 2.44. The summed E-state index contributed by atoms with van der Waals surface area (Å²) in [5, 5.41) is 21.1. The third-order valence-electron chi connectivity index (χ3n) is 4.73. The summed E-state index contributed by atoms with van der Waals surface area (Å²) >= 11 is 0. The number of para-hydroxylation sites is 2. The molecular weight excluding hydrogens is 375 g/mol. The van der Waals surface area contributed by atoms with Gasteiger partial charge in [-0.3, -0.25) is 19.5 Å². The quantitative estimate of drug-likeness (QED) is 0.405. The fourth-order valence-electron chi connectivity index (χ4n) is 3.37. The van der Waals surface area contributed by atoms with Gasteiger partial charge in [-0.25, -0.2) is 4.39 Å². The van der Waals surface area contributed by atoms with Gasteiger partial charge in [0.25, 0.3) is 11.7 Å². The number of ketones is 1. The summed E-state index contributed by atoms with van der Waals surface area (Å²) in [6.07, 6.45) is 2.89. The topological polar surface area (TPSA) is 90.7 Å². The van der Waals surface area contributed by atoms with Gasteiger partial charge in [-0.1, -0.05) is 24.3 Å². The molecule has 6 nitrogen and oxygen atoms in total. The van der Waals surface area contributed by atoms with E-state index in [1.54, 1.807) is 12.1 Å². The number of rotatable bonds is 3. The Labute approximate surface area is 165 Å². The number of aromatic nitrogens is 1. The third-order valence-corrected chi connectivity index (χ3v) is 4.73. The molecule has 1 unspecified atom stereocenters. The van der Waals surface area contributed by atoms with Crippen molar-refractivity contribution in [2.45, 2.75) is 6.04 Å². The van der Waals surface area contributed by atoms with Crippen LogP contribution in [0.3, 0.4) is 0 Å². The molecule has 1 fully saturated rings. The van der Waals surface area contributed by atoms with E-state index in [9.17, 15) is 24.2 Å². The molecule has 1 aliphatic heterocycles. The lowest BCUT2D eigenvalue weighted by Crippen LogP contribution is -2.29. The van der Waals surface area contributed by atoms with Crippen molar-refractivity contribution in [3.63, 3.8) is 0 Å². The number of hydrogen-bond acceptors (Lipinski definition) is 5. The third kappa shape index (κ3) is 3.12. The maximum Gasteiger partial charge on any atom is 0.300 e. The van der Waals surface area contributed by atoms with Gasteiger partial charge in [-0.15, -0.1) is 0 Å². The van der Waals surface area contributed by atoms with E-state index in [2.05, 4.69) is 4.98 Å². The Hall–Kier alpha value is -4.00. The maximum atomic E-state index is 13.5. The Balaban J connectivity index is 1.97. The molecule has 2 heterocycles. The van der Waals surface area contributed by atoms with Crippen molar-refractivity contribution in [3.05, 3.63) is 95.6 Å². The first-order chi connectivity index (χ1) is 14.0. The van der Waals surface area contributed by atoms with E-state index >= 15 is 0 Å². The highest BCUT2D eigenvalue weighted by molar-refractivity contribution is 6.51. The van der Waals surface area contributed by atoms with Crippen LogP contribution >= 0.6 is 0 Å². The molecule has 0 aliphatic carbocycles. The van der Waals surface area contributed by atoms with Crippen LogP contribution in [-0.4, -0.2) is 26.9 Å². The smallest absolute Gasteiger partial charge is 0.300 e. The predicted octanol–water partition coefficient (Wildman–Crippen LogP) is 3.55. The van der Waals surface area contributed by atoms with Gasteiger partial charge in [0.1, 0.15) is 17.3 Å². The van der Waals surface area contributed by atoms with E-state index in [1.807, 2.05) is 0 Å². The first-order valence-corrected chi connectivity index (χ1v) is 8.74. The maximum absolute atomic E-state index is 13.5. The first kappa shape index (κ1) is 18.4. The largest absolute Gasteiger partial charge is 0.507 e. The zero-order valence-corrected chi connectivity index (χ0v) is 15.0. The Bertz CT molecular complexity index is 1130. The van der Waals surface area contributed by atoms with E-state index in [0.29, 0.717) is 11.1 Å². The van der Waals surface area contributed by atoms with Gasteiger partial charge in [0.2, 0.25) is 0 Å². The van der Waals surface area contributed by atoms with Gasteiger partial charge in [0.15, 0.2) is 0 Å². The fraction of sp³-hybridized carbons (Fsp3) is 0.0455. The second kappa shape index (κ2) is 7.20. The molecule has 0 saturated carbocycles. The summed E-state index contributed by atoms with van der Waals surface area (Å²) in [5.74, 6) is -2.88. The molecule has 144 valence electrons. The Morgan fingerprint density at radius 3 is 2.28 bits per heavy atom. The molecule has 4 rings (SSSR count). The number of nitrogens with zero attached hydrogens (tertiary/aromatic N) is 2. The highest BCUT2D eigenvalue weighted by atomic mass is 19.1. The van der Waals surface area contributed by atoms with Gasteiger partial charge in [-0.2, -0.15) is 0 Å². The van der Waals surface area contributed by atoms with Crippen LogP contribution in [-0.2, 0) is 9.59 Å². The van der Waals surface area contributed by atoms with Crippen molar-refractivity contribution < 1.29 is 24.2 Å². The number of carbonyl (C=O) groups is 2. The highest BCUT2D eigenvalue weighted by Gasteiger charge is 2.47. The lowest BCUT2D eigenvalue weighted by atomic mass is 9.95. The standard InChI is InChI=1S/C22H15FN2O4/c23-15-7-5-13(6-8-15)19-18(20(27)14-9-11-24-12-10-14)21(28)22(29)25(19)16-3-1-2-4-17(16)26/h1-12,19,26-27H/b20-18+. The summed E-state index contributed by atoms with van der Waals surface area (Å²) in [5.41, 5.74) is 0.667. The van der Waals surface area contributed by atoms with E-state index in [0.717, 1.165) is 4.90 Å². The minimum atomic E-state index is -1.04. The second-order valence-electron chi connectivity index (χ2n) is 6.45. The molecule has 1 aromatic heterocycles. The Morgan fingerprint density at radius 2 is 1.62 bits per heavy atom. The zero-order valence-electron chi connectivity index (χ0n) is 15.0. The molecule has 1 saturated heterocycles. The van der Waals surface area contributed by atoms with Crippen molar-refractivity contribution in [1.29, 1.82) is 0 Å². The number of hydrogen-bond donors (Lipinski definition) is 2. The number of amides is 1. The fourth-order valence-corrected chi connectivity index (χ4v) is 3.37. The van der Waals surface area contributed by atoms with Gasteiger partial charge in [0, 0.05) is 18.0 Å². The predicted molar refractivity (Wildman–Crippen MR) is 104 cm³/mol. The SMILES string of the molecule is O=C1C(=O)N(c2ccccc2O)C(c2ccc(F)cc2)/C1=C(\O)c1ccncc1. The second-order valence-corrected chi connectivity index (χ2v) is 6.45. The normalized spacial score (nSPS) is 18.2. The summed E-state index contributed by atoms with van der Waals surface area (Å²) in [6, 6.07) is 13.3. The molecule has 0 bridgehead atoms. The molecule has 29 heavy (non-hydrogen) atoms. The number of pyridine rings is 1. The van der Waals surface area contributed by atoms with Gasteiger partial charge in [-0.05, 0) is 42.0 Å². The van der Waals surface area contributed by atoms with Crippen LogP contribution in [0.5, 0.6) is 5.75 Å². The molecular formula is C22H15FN2O4. The van der Waals surface area contributed by atoms with Crippen LogP contribution in [0, 0.1) is 5.82 Å². The van der Waals surface area contributed by atoms with Crippen molar-refractivity contribution in [2.75, 3.05) is 4.90 Å². The summed E-state index contributed by atoms with van der Waals surface area (Å²) in [6.45, 7) is 0. The minimum absolute atomic E-state index is 0.109. The van der Waals surface area contributed by atoms with Crippen LogP contribution in [0.2, 0.25) is 0 Å². The molecule has 3 aromatic rings. The number of aliphatic hydroxyl groups excluding tert-OH is 1. The van der Waals surface area contributed by atoms with Crippen LogP contribution in [0.15, 0.2) is 78.6 Å². The van der Waals surface area contributed by atoms with Crippen molar-refractivity contribution in [3.8, 4) is 5.75 Å². The number of Topliss-reactive ketones (excluding diaryl/α,β-unsaturated/α-hetero) is 1. The number of halogens is 1. The number of aliphatic hydroxyl groups is 1. The molecule has 2 aromatic carbocycles. The van der Waals surface area contributed by atoms with Crippen molar-refractivity contribution in [2.24, 2.45) is 0 Å². The lowest BCUT2D eigenvalue weighted by Gasteiger charge is -2.26. The van der Waals surface area contributed by atoms with E-state index in [1.165, 1.54) is 60.9 Å². The molecule has 1 aliphatic rings. The summed E-state index contributed by atoms with van der Waals surface area (Å²) in [7, 11) is 0. The molecule has 0 radical (unpaired) electrons. The molecule has 7 heteroatoms. The van der Waals surface area contributed by atoms with Crippen LogP contribution in [0.1, 0.15) is 17.2 Å².